The van der Waals surface area contributed by atoms with Gasteiger partial charge < -0.3 is 14.4 Å². The molecule has 0 bridgehead atoms. The summed E-state index contributed by atoms with van der Waals surface area (Å²) in [5.41, 5.74) is 2.71. The lowest BCUT2D eigenvalue weighted by atomic mass is 10.0. The van der Waals surface area contributed by atoms with Gasteiger partial charge in [-0.1, -0.05) is 72.4 Å². The Morgan fingerprint density at radius 1 is 1.00 bits per heavy atom. The van der Waals surface area contributed by atoms with Gasteiger partial charge in [0.2, 0.25) is 0 Å². The topological polar surface area (TPSA) is 64.3 Å². The Morgan fingerprint density at radius 3 is 2.48 bits per heavy atom. The maximum atomic E-state index is 12.7. The predicted molar refractivity (Wildman–Crippen MR) is 132 cm³/mol. The number of benzene rings is 3. The predicted octanol–water partition coefficient (Wildman–Crippen LogP) is 5.82. The van der Waals surface area contributed by atoms with Crippen LogP contribution in [0.5, 0.6) is 0 Å². The van der Waals surface area contributed by atoms with E-state index in [1.54, 1.807) is 17.8 Å². The van der Waals surface area contributed by atoms with E-state index in [2.05, 4.69) is 39.9 Å². The van der Waals surface area contributed by atoms with E-state index >= 15 is 0 Å². The third-order valence-corrected chi connectivity index (χ3v) is 6.20. The van der Waals surface area contributed by atoms with E-state index < -0.39 is 5.60 Å². The van der Waals surface area contributed by atoms with Gasteiger partial charge in [-0.05, 0) is 48.7 Å². The van der Waals surface area contributed by atoms with Crippen LogP contribution in [0.3, 0.4) is 0 Å². The second-order valence-corrected chi connectivity index (χ2v) is 9.83. The van der Waals surface area contributed by atoms with Crippen molar-refractivity contribution in [2.45, 2.75) is 50.4 Å². The minimum Gasteiger partial charge on any atom is -0.456 e. The first kappa shape index (κ1) is 23.1. The van der Waals surface area contributed by atoms with Gasteiger partial charge in [0.05, 0.1) is 24.4 Å². The number of nitrogens with zero attached hydrogens (tertiary/aromatic N) is 2. The normalized spacial score (nSPS) is 11.6. The second-order valence-electron chi connectivity index (χ2n) is 8.89. The Kier molecular flexibility index (Phi) is 6.86. The zero-order valence-electron chi connectivity index (χ0n) is 19.1. The third kappa shape index (κ3) is 5.64. The van der Waals surface area contributed by atoms with Crippen molar-refractivity contribution >= 4 is 28.5 Å². The lowest BCUT2D eigenvalue weighted by Gasteiger charge is -2.20. The van der Waals surface area contributed by atoms with Crippen LogP contribution in [0.15, 0.2) is 78.1 Å². The molecule has 0 saturated carbocycles. The second kappa shape index (κ2) is 9.81. The average molecular weight is 461 g/mol. The van der Waals surface area contributed by atoms with Gasteiger partial charge in [-0.25, -0.2) is 9.78 Å². The molecule has 0 spiro atoms. The molecule has 4 aromatic rings. The molecule has 0 aliphatic heterocycles. The van der Waals surface area contributed by atoms with E-state index in [9.17, 15) is 9.90 Å². The van der Waals surface area contributed by atoms with Crippen LogP contribution < -0.4 is 0 Å². The monoisotopic (exact) mass is 460 g/mol. The molecule has 5 nitrogen and oxygen atoms in total. The minimum atomic E-state index is -0.553. The van der Waals surface area contributed by atoms with Crippen molar-refractivity contribution in [1.82, 2.24) is 9.55 Å². The van der Waals surface area contributed by atoms with E-state index in [0.717, 1.165) is 10.7 Å². The number of ether oxygens (including phenoxy) is 1. The van der Waals surface area contributed by atoms with Crippen LogP contribution >= 0.6 is 11.8 Å². The number of aromatic nitrogens is 2. The number of esters is 1. The SMILES string of the molecule is CC(C)(C)OC(=O)c1ccccc1CSc1nc(CO)cn1Cc1cccc2ccccc12. The van der Waals surface area contributed by atoms with Gasteiger partial charge in [0.15, 0.2) is 5.16 Å². The molecule has 0 aliphatic rings. The molecule has 6 heteroatoms. The van der Waals surface area contributed by atoms with Gasteiger partial charge in [0.25, 0.3) is 0 Å². The number of hydrogen-bond acceptors (Lipinski definition) is 5. The van der Waals surface area contributed by atoms with Crippen LogP contribution in [0.4, 0.5) is 0 Å². The molecule has 1 aromatic heterocycles. The van der Waals surface area contributed by atoms with Gasteiger partial charge in [0, 0.05) is 11.9 Å². The summed E-state index contributed by atoms with van der Waals surface area (Å²) in [6.45, 7) is 6.11. The molecule has 0 radical (unpaired) electrons. The van der Waals surface area contributed by atoms with Gasteiger partial charge in [0.1, 0.15) is 5.60 Å². The number of thioether (sulfide) groups is 1. The number of carbonyl (C=O) groups excluding carboxylic acids is 1. The number of imidazole rings is 1. The maximum Gasteiger partial charge on any atom is 0.338 e. The highest BCUT2D eigenvalue weighted by atomic mass is 32.2. The molecule has 0 atom stereocenters. The molecule has 4 rings (SSSR count). The molecule has 0 saturated heterocycles. The molecule has 1 N–H and O–H groups in total. The zero-order chi connectivity index (χ0) is 23.4. The fraction of sp³-hybridized carbons (Fsp3) is 0.259. The molecule has 0 amide bonds. The Morgan fingerprint density at radius 2 is 1.70 bits per heavy atom. The average Bonchev–Trinajstić information content (AvgIpc) is 3.19. The van der Waals surface area contributed by atoms with Gasteiger partial charge in [-0.3, -0.25) is 0 Å². The molecule has 1 heterocycles. The van der Waals surface area contributed by atoms with Crippen LogP contribution in [-0.2, 0) is 23.6 Å². The fourth-order valence-corrected chi connectivity index (χ4v) is 4.69. The van der Waals surface area contributed by atoms with Crippen molar-refractivity contribution in [1.29, 1.82) is 0 Å². The molecule has 170 valence electrons. The summed E-state index contributed by atoms with van der Waals surface area (Å²) in [7, 11) is 0. The highest BCUT2D eigenvalue weighted by molar-refractivity contribution is 7.98. The molecule has 0 aliphatic carbocycles. The van der Waals surface area contributed by atoms with Gasteiger partial charge in [-0.15, -0.1) is 0 Å². The van der Waals surface area contributed by atoms with E-state index in [1.165, 1.54) is 16.3 Å². The van der Waals surface area contributed by atoms with Crippen molar-refractivity contribution in [3.05, 3.63) is 95.3 Å². The third-order valence-electron chi connectivity index (χ3n) is 5.17. The first-order chi connectivity index (χ1) is 15.8. The summed E-state index contributed by atoms with van der Waals surface area (Å²) in [4.78, 5) is 17.3. The summed E-state index contributed by atoms with van der Waals surface area (Å²) in [5.74, 6) is 0.237. The summed E-state index contributed by atoms with van der Waals surface area (Å²) in [6, 6.07) is 22.1. The van der Waals surface area contributed by atoms with Crippen LogP contribution in [0.1, 0.15) is 48.0 Å². The standard InChI is InChI=1S/C27H28N2O3S/c1-27(2,3)32-25(31)24-14-7-5-10-21(24)18-33-26-28-22(17-30)16-29(26)15-20-12-8-11-19-9-4-6-13-23(19)20/h4-14,16,30H,15,17-18H2,1-3H3. The smallest absolute Gasteiger partial charge is 0.338 e. The van der Waals surface area contributed by atoms with E-state index in [0.29, 0.717) is 23.6 Å². The number of hydrogen-bond donors (Lipinski definition) is 1. The van der Waals surface area contributed by atoms with E-state index in [-0.39, 0.29) is 12.6 Å². The zero-order valence-corrected chi connectivity index (χ0v) is 19.9. The van der Waals surface area contributed by atoms with E-state index in [4.69, 9.17) is 4.74 Å². The van der Waals surface area contributed by atoms with Crippen molar-refractivity contribution in [2.24, 2.45) is 0 Å². The lowest BCUT2D eigenvalue weighted by Crippen LogP contribution is -2.24. The number of rotatable bonds is 7. The minimum absolute atomic E-state index is 0.120. The molecular weight excluding hydrogens is 432 g/mol. The number of carbonyl (C=O) groups is 1. The maximum absolute atomic E-state index is 12.7. The first-order valence-corrected chi connectivity index (χ1v) is 11.9. The summed E-state index contributed by atoms with van der Waals surface area (Å²) in [6.07, 6.45) is 1.89. The number of fused-ring (bicyclic) bond motifs is 1. The fourth-order valence-electron chi connectivity index (χ4n) is 3.69. The van der Waals surface area contributed by atoms with Crippen molar-refractivity contribution in [3.63, 3.8) is 0 Å². The van der Waals surface area contributed by atoms with Crippen LogP contribution in [0, 0.1) is 0 Å². The first-order valence-electron chi connectivity index (χ1n) is 10.9. The highest BCUT2D eigenvalue weighted by Crippen LogP contribution is 2.27. The molecule has 0 fully saturated rings. The van der Waals surface area contributed by atoms with Crippen molar-refractivity contribution in [2.75, 3.05) is 0 Å². The van der Waals surface area contributed by atoms with Crippen LogP contribution in [-0.4, -0.2) is 26.2 Å². The van der Waals surface area contributed by atoms with E-state index in [1.807, 2.05) is 57.3 Å². The Hall–Kier alpha value is -3.09. The summed E-state index contributed by atoms with van der Waals surface area (Å²) < 4.78 is 7.64. The molecule has 33 heavy (non-hydrogen) atoms. The largest absolute Gasteiger partial charge is 0.456 e. The highest BCUT2D eigenvalue weighted by Gasteiger charge is 2.20. The van der Waals surface area contributed by atoms with Crippen LogP contribution in [0.2, 0.25) is 0 Å². The number of aliphatic hydroxyl groups excluding tert-OH is 1. The molecule has 0 unspecified atom stereocenters. The van der Waals surface area contributed by atoms with Crippen molar-refractivity contribution < 1.29 is 14.6 Å². The Balaban J connectivity index is 1.58. The van der Waals surface area contributed by atoms with Gasteiger partial charge >= 0.3 is 5.97 Å². The summed E-state index contributed by atoms with van der Waals surface area (Å²) >= 11 is 1.54. The lowest BCUT2D eigenvalue weighted by molar-refractivity contribution is 0.00686. The molecule has 3 aromatic carbocycles. The number of aliphatic hydroxyl groups is 1. The Bertz CT molecular complexity index is 1270. The Labute approximate surface area is 198 Å². The van der Waals surface area contributed by atoms with Crippen molar-refractivity contribution in [3.8, 4) is 0 Å². The summed E-state index contributed by atoms with van der Waals surface area (Å²) in [5, 5.41) is 12.9. The molecular formula is C27H28N2O3S. The quantitative estimate of drug-likeness (QED) is 0.278. The van der Waals surface area contributed by atoms with Crippen LogP contribution in [0.25, 0.3) is 10.8 Å². The van der Waals surface area contributed by atoms with Gasteiger partial charge in [-0.2, -0.15) is 0 Å².